The van der Waals surface area contributed by atoms with Crippen LogP contribution in [0.1, 0.15) is 6.92 Å². The Labute approximate surface area is 178 Å². The Hall–Kier alpha value is -2.78. The van der Waals surface area contributed by atoms with E-state index in [9.17, 15) is 24.3 Å². The first-order chi connectivity index (χ1) is 14.3. The molecule has 30 heavy (non-hydrogen) atoms. The molecule has 1 fully saturated rings. The molecule has 0 aliphatic carbocycles. The first kappa shape index (κ1) is 21.9. The van der Waals surface area contributed by atoms with Crippen molar-refractivity contribution in [3.8, 4) is 0 Å². The molecule has 3 heterocycles. The molecule has 3 atom stereocenters. The fourth-order valence-electron chi connectivity index (χ4n) is 2.91. The molecule has 15 heteroatoms. The molecule has 0 saturated carbocycles. The Morgan fingerprint density at radius 2 is 2.20 bits per heavy atom. The minimum Gasteiger partial charge on any atom is -0.477 e. The Morgan fingerprint density at radius 1 is 1.47 bits per heavy atom. The van der Waals surface area contributed by atoms with Crippen LogP contribution in [0.25, 0.3) is 0 Å². The minimum atomic E-state index is -1.32. The number of nitrogens with one attached hydrogen (secondary N) is 1. The van der Waals surface area contributed by atoms with E-state index in [1.54, 1.807) is 0 Å². The summed E-state index contributed by atoms with van der Waals surface area (Å²) in [5.41, 5.74) is 5.21. The zero-order valence-electron chi connectivity index (χ0n) is 15.8. The molecule has 3 aliphatic rings. The lowest BCUT2D eigenvalue weighted by Gasteiger charge is -2.49. The van der Waals surface area contributed by atoms with E-state index in [1.165, 1.54) is 37.0 Å². The van der Waals surface area contributed by atoms with Crippen molar-refractivity contribution in [3.05, 3.63) is 11.3 Å². The highest BCUT2D eigenvalue weighted by Gasteiger charge is 2.54. The van der Waals surface area contributed by atoms with Gasteiger partial charge in [0.1, 0.15) is 37.2 Å². The molecular weight excluding hydrogens is 440 g/mol. The summed E-state index contributed by atoms with van der Waals surface area (Å²) in [5.74, 6) is -3.20. The SMILES string of the molecule is CO/N=C(/C(=O)NC1C(=O)N2C(C(=O)O)=C(COC(C)=O)CS[C@@H]12)N1C=NSC1N. The standard InChI is InChI=1S/C15H18N6O7S2/c1-6(22)28-3-7-4-29-13-8(12(24)21(13)9(7)14(25)26)18-11(23)10(19-27-2)20-5-17-30-15(20)16/h5,8,13,15H,3-4,16H2,1-2H3,(H,18,23)(H,25,26)/b19-10-/t8?,13-,15?/m0/s1. The molecule has 2 unspecified atom stereocenters. The number of nitrogens with two attached hydrogens (primary N) is 1. The van der Waals surface area contributed by atoms with Crippen molar-refractivity contribution < 1.29 is 33.9 Å². The molecule has 13 nitrogen and oxygen atoms in total. The summed E-state index contributed by atoms with van der Waals surface area (Å²) in [5, 5.41) is 15.1. The van der Waals surface area contributed by atoms with E-state index in [2.05, 4.69) is 14.9 Å². The minimum absolute atomic E-state index is 0.199. The number of carbonyl (C=O) groups excluding carboxylic acids is 3. The Morgan fingerprint density at radius 3 is 2.77 bits per heavy atom. The van der Waals surface area contributed by atoms with Crippen molar-refractivity contribution in [3.63, 3.8) is 0 Å². The van der Waals surface area contributed by atoms with Crippen molar-refractivity contribution >= 4 is 59.6 Å². The number of oxime groups is 1. The summed E-state index contributed by atoms with van der Waals surface area (Å²) in [7, 11) is 1.25. The van der Waals surface area contributed by atoms with Gasteiger partial charge in [0, 0.05) is 30.2 Å². The predicted octanol–water partition coefficient (Wildman–Crippen LogP) is -1.52. The number of β-lactam (4-membered cyclic amide) rings is 1. The number of nitrogens with zero attached hydrogens (tertiary/aromatic N) is 4. The quantitative estimate of drug-likeness (QED) is 0.109. The van der Waals surface area contributed by atoms with Gasteiger partial charge in [0.25, 0.3) is 11.8 Å². The highest BCUT2D eigenvalue weighted by Crippen LogP contribution is 2.40. The third kappa shape index (κ3) is 4.08. The number of fused-ring (bicyclic) bond motifs is 1. The monoisotopic (exact) mass is 458 g/mol. The van der Waals surface area contributed by atoms with Gasteiger partial charge in [-0.15, -0.1) is 11.8 Å². The van der Waals surface area contributed by atoms with Crippen molar-refractivity contribution in [1.82, 2.24) is 15.1 Å². The number of aliphatic carboxylic acids is 1. The van der Waals surface area contributed by atoms with E-state index >= 15 is 0 Å². The molecular formula is C15H18N6O7S2. The summed E-state index contributed by atoms with van der Waals surface area (Å²) < 4.78 is 8.76. The lowest BCUT2D eigenvalue weighted by atomic mass is 10.0. The normalized spacial score (nSPS) is 25.6. The van der Waals surface area contributed by atoms with Crippen molar-refractivity contribution in [2.75, 3.05) is 19.5 Å². The molecule has 0 spiro atoms. The number of rotatable bonds is 5. The van der Waals surface area contributed by atoms with Gasteiger partial charge in [0.05, 0.1) is 0 Å². The number of esters is 1. The first-order valence-corrected chi connectivity index (χ1v) is 10.3. The summed E-state index contributed by atoms with van der Waals surface area (Å²) in [6.07, 6.45) is 1.31. The number of ether oxygens (including phenoxy) is 1. The highest BCUT2D eigenvalue weighted by molar-refractivity contribution is 8.00. The number of carboxylic acids is 1. The molecule has 0 aromatic rings. The predicted molar refractivity (Wildman–Crippen MR) is 107 cm³/mol. The number of hydrogen-bond acceptors (Lipinski definition) is 11. The highest BCUT2D eigenvalue weighted by atomic mass is 32.2. The second kappa shape index (κ2) is 8.93. The molecule has 0 aromatic carbocycles. The zero-order valence-corrected chi connectivity index (χ0v) is 17.4. The van der Waals surface area contributed by atoms with Gasteiger partial charge < -0.3 is 25.7 Å². The number of thioether (sulfide) groups is 1. The average molecular weight is 458 g/mol. The summed E-state index contributed by atoms with van der Waals surface area (Å²) >= 11 is 2.26. The number of amidine groups is 1. The topological polar surface area (TPSA) is 176 Å². The molecule has 4 N–H and O–H groups in total. The van der Waals surface area contributed by atoms with Crippen LogP contribution in [-0.4, -0.2) is 87.2 Å². The molecule has 0 radical (unpaired) electrons. The zero-order chi connectivity index (χ0) is 22.0. The number of hydrogen-bond donors (Lipinski definition) is 3. The molecule has 3 rings (SSSR count). The second-order valence-electron chi connectivity index (χ2n) is 6.12. The average Bonchev–Trinajstić information content (AvgIpc) is 3.12. The maximum Gasteiger partial charge on any atom is 0.352 e. The smallest absolute Gasteiger partial charge is 0.352 e. The van der Waals surface area contributed by atoms with Gasteiger partial charge in [-0.05, 0) is 0 Å². The molecule has 1 saturated heterocycles. The summed E-state index contributed by atoms with van der Waals surface area (Å²) in [6, 6.07) is -0.974. The van der Waals surface area contributed by atoms with Gasteiger partial charge >= 0.3 is 11.9 Å². The van der Waals surface area contributed by atoms with E-state index in [0.29, 0.717) is 5.57 Å². The summed E-state index contributed by atoms with van der Waals surface area (Å²) in [4.78, 5) is 55.1. The van der Waals surface area contributed by atoms with Crippen LogP contribution < -0.4 is 11.1 Å². The van der Waals surface area contributed by atoms with Crippen LogP contribution in [0.3, 0.4) is 0 Å². The van der Waals surface area contributed by atoms with Gasteiger partial charge in [-0.2, -0.15) is 0 Å². The molecule has 0 aromatic heterocycles. The van der Waals surface area contributed by atoms with Gasteiger partial charge in [0.2, 0.25) is 5.84 Å². The third-order valence-corrected chi connectivity index (χ3v) is 6.22. The Bertz CT molecular complexity index is 876. The Balaban J connectivity index is 1.75. The summed E-state index contributed by atoms with van der Waals surface area (Å²) in [6.45, 7) is 0.973. The van der Waals surface area contributed by atoms with Crippen LogP contribution in [0.2, 0.25) is 0 Å². The third-order valence-electron chi connectivity index (χ3n) is 4.23. The van der Waals surface area contributed by atoms with Crippen LogP contribution in [0.4, 0.5) is 0 Å². The van der Waals surface area contributed by atoms with Crippen LogP contribution in [-0.2, 0) is 28.8 Å². The van der Waals surface area contributed by atoms with E-state index in [1.807, 2.05) is 0 Å². The van der Waals surface area contributed by atoms with E-state index in [0.717, 1.165) is 16.8 Å². The van der Waals surface area contributed by atoms with E-state index < -0.39 is 40.7 Å². The van der Waals surface area contributed by atoms with Crippen LogP contribution in [0, 0.1) is 0 Å². The van der Waals surface area contributed by atoms with Crippen LogP contribution >= 0.6 is 23.7 Å². The molecule has 3 aliphatic heterocycles. The van der Waals surface area contributed by atoms with E-state index in [-0.39, 0.29) is 23.9 Å². The molecule has 2 amide bonds. The molecule has 162 valence electrons. The number of amides is 2. The fourth-order valence-corrected chi connectivity index (χ4v) is 4.78. The van der Waals surface area contributed by atoms with Gasteiger partial charge in [-0.1, -0.05) is 5.16 Å². The lowest BCUT2D eigenvalue weighted by molar-refractivity contribution is -0.150. The largest absolute Gasteiger partial charge is 0.477 e. The second-order valence-corrected chi connectivity index (χ2v) is 8.13. The lowest BCUT2D eigenvalue weighted by Crippen LogP contribution is -2.71. The van der Waals surface area contributed by atoms with Crippen molar-refractivity contribution in [1.29, 1.82) is 0 Å². The van der Waals surface area contributed by atoms with Crippen molar-refractivity contribution in [2.45, 2.75) is 23.8 Å². The van der Waals surface area contributed by atoms with Crippen LogP contribution in [0.15, 0.2) is 20.8 Å². The number of carbonyl (C=O) groups is 4. The van der Waals surface area contributed by atoms with Gasteiger partial charge in [-0.3, -0.25) is 24.2 Å². The van der Waals surface area contributed by atoms with E-state index in [4.69, 9.17) is 15.3 Å². The van der Waals surface area contributed by atoms with Gasteiger partial charge in [0.15, 0.2) is 5.50 Å². The van der Waals surface area contributed by atoms with Gasteiger partial charge in [-0.25, -0.2) is 9.19 Å². The maximum atomic E-state index is 12.7. The maximum absolute atomic E-state index is 12.7. The number of carboxylic acid groups (broad SMARTS) is 1. The molecule has 0 bridgehead atoms. The first-order valence-electron chi connectivity index (χ1n) is 8.44. The van der Waals surface area contributed by atoms with Crippen molar-refractivity contribution in [2.24, 2.45) is 15.3 Å². The Kier molecular flexibility index (Phi) is 6.52. The van der Waals surface area contributed by atoms with Crippen LogP contribution in [0.5, 0.6) is 0 Å². The fraction of sp³-hybridized carbons (Fsp3) is 0.467.